The Bertz CT molecular complexity index is 1450. The Labute approximate surface area is 291 Å². The number of nitrogens with zero attached hydrogens (tertiary/aromatic N) is 4. The highest BCUT2D eigenvalue weighted by Crippen LogP contribution is 2.42. The number of carbonyl (C=O) groups is 2. The van der Waals surface area contributed by atoms with Crippen molar-refractivity contribution in [3.05, 3.63) is 30.5 Å². The third kappa shape index (κ3) is 8.19. The first-order valence-corrected chi connectivity index (χ1v) is 17.3. The number of nitrogens with two attached hydrogens (primary N) is 1. The molecule has 49 heavy (non-hydrogen) atoms. The monoisotopic (exact) mass is 684 g/mol. The van der Waals surface area contributed by atoms with E-state index in [2.05, 4.69) is 15.6 Å². The SMILES string of the molecule is [B][C@@H]1[C@H](C)C(=O)[C@](C)(F)C(=O)O[C@H](CC)[C@@]2(C)OC(O)N(CCCCn3cc(-c4cccc(N)c4)nn3)[C@@H]2[C@@H](C)NC[C@H](C)C[C@@]1(C)OC. The van der Waals surface area contributed by atoms with Gasteiger partial charge in [-0.2, -0.15) is 0 Å². The van der Waals surface area contributed by atoms with Crippen molar-refractivity contribution in [2.24, 2.45) is 11.8 Å². The first kappa shape index (κ1) is 38.9. The Hall–Kier alpha value is -2.91. The van der Waals surface area contributed by atoms with Crippen molar-refractivity contribution in [2.45, 2.75) is 128 Å². The van der Waals surface area contributed by atoms with Gasteiger partial charge in [0.1, 0.15) is 17.4 Å². The average Bonchev–Trinajstić information content (AvgIpc) is 3.64. The number of ketones is 1. The second-order valence-electron chi connectivity index (χ2n) is 14.5. The van der Waals surface area contributed by atoms with Gasteiger partial charge in [0, 0.05) is 43.4 Å². The quantitative estimate of drug-likeness (QED) is 0.123. The number of nitrogen functional groups attached to an aromatic ring is 1. The molecular formula is C35H54BFN6O6. The summed E-state index contributed by atoms with van der Waals surface area (Å²) in [6.07, 6.45) is 1.72. The lowest BCUT2D eigenvalue weighted by atomic mass is 9.62. The summed E-state index contributed by atoms with van der Waals surface area (Å²) in [5, 5.41) is 23.5. The summed E-state index contributed by atoms with van der Waals surface area (Å²) >= 11 is 0. The number of unbranched alkanes of at least 4 members (excludes halogenated alkanes) is 1. The fourth-order valence-corrected chi connectivity index (χ4v) is 7.62. The molecule has 2 aromatic rings. The van der Waals surface area contributed by atoms with Crippen LogP contribution in [0.5, 0.6) is 0 Å². The normalized spacial score (nSPS) is 36.9. The Kier molecular flexibility index (Phi) is 12.3. The molecule has 10 atom stereocenters. The first-order chi connectivity index (χ1) is 23.0. The predicted octanol–water partition coefficient (Wildman–Crippen LogP) is 3.68. The Morgan fingerprint density at radius 3 is 2.53 bits per heavy atom. The fraction of sp³-hybridized carbons (Fsp3) is 0.714. The van der Waals surface area contributed by atoms with Crippen LogP contribution in [0.15, 0.2) is 30.5 Å². The van der Waals surface area contributed by atoms with Gasteiger partial charge in [-0.05, 0) is 83.8 Å². The standard InChI is InChI=1S/C35H54BFN6O6/c1-9-27-35(7)29(43(32(46)49-35)16-11-10-15-42-20-26(40-41-42)24-13-12-14-25(38)17-24)23(4)39-19-21(2)18-33(5,47-8)28(36)22(3)30(44)34(6,37)31(45)48-27/h12-14,17,20-23,27-29,32,39,46H,9-11,15-16,18-19,38H2,1-8H3/t21-,22+,23-,27-,28-,29-,32?,33-,34+,35-/m1/s1. The number of rotatable bonds is 8. The third-order valence-electron chi connectivity index (χ3n) is 10.6. The number of ether oxygens (including phenoxy) is 3. The van der Waals surface area contributed by atoms with Crippen LogP contribution in [0, 0.1) is 11.8 Å². The van der Waals surface area contributed by atoms with E-state index in [1.54, 1.807) is 25.5 Å². The van der Waals surface area contributed by atoms with E-state index >= 15 is 4.39 Å². The van der Waals surface area contributed by atoms with Crippen LogP contribution >= 0.6 is 0 Å². The van der Waals surface area contributed by atoms with Crippen LogP contribution in [-0.2, 0) is 30.3 Å². The van der Waals surface area contributed by atoms with Gasteiger partial charge >= 0.3 is 5.97 Å². The molecule has 14 heteroatoms. The second kappa shape index (κ2) is 15.5. The van der Waals surface area contributed by atoms with Crippen LogP contribution in [0.3, 0.4) is 0 Å². The second-order valence-corrected chi connectivity index (χ2v) is 14.5. The topological polar surface area (TPSA) is 154 Å². The number of alkyl halides is 1. The van der Waals surface area contributed by atoms with Gasteiger partial charge < -0.3 is 30.4 Å². The van der Waals surface area contributed by atoms with E-state index in [0.717, 1.165) is 24.6 Å². The number of aliphatic hydroxyl groups excluding tert-OH is 1. The fourth-order valence-electron chi connectivity index (χ4n) is 7.62. The lowest BCUT2D eigenvalue weighted by Crippen LogP contribution is -2.61. The van der Waals surface area contributed by atoms with Gasteiger partial charge in [-0.25, -0.2) is 14.1 Å². The number of hydrogen-bond donors (Lipinski definition) is 3. The number of Topliss-reactive ketones (excluding diaryl/α,β-unsaturated/α-hetero) is 1. The molecule has 4 rings (SSSR count). The van der Waals surface area contributed by atoms with Crippen LogP contribution in [0.2, 0.25) is 5.82 Å². The van der Waals surface area contributed by atoms with Crippen molar-refractivity contribution in [3.8, 4) is 11.3 Å². The zero-order valence-electron chi connectivity index (χ0n) is 30.2. The van der Waals surface area contributed by atoms with Crippen LogP contribution in [0.1, 0.15) is 74.1 Å². The van der Waals surface area contributed by atoms with Crippen molar-refractivity contribution < 1.29 is 33.3 Å². The van der Waals surface area contributed by atoms with Crippen molar-refractivity contribution in [1.29, 1.82) is 0 Å². The van der Waals surface area contributed by atoms with E-state index < -0.39 is 58.9 Å². The molecule has 0 spiro atoms. The van der Waals surface area contributed by atoms with Crippen molar-refractivity contribution in [3.63, 3.8) is 0 Å². The van der Waals surface area contributed by atoms with Gasteiger partial charge in [0.25, 0.3) is 5.67 Å². The minimum atomic E-state index is -2.97. The number of aliphatic hydroxyl groups is 1. The van der Waals surface area contributed by atoms with Crippen LogP contribution in [-0.4, -0.2) is 106 Å². The maximum atomic E-state index is 16.2. The molecule has 1 aromatic carbocycles. The molecule has 3 heterocycles. The van der Waals surface area contributed by atoms with E-state index in [1.807, 2.05) is 49.2 Å². The molecule has 12 nitrogen and oxygen atoms in total. The Morgan fingerprint density at radius 1 is 1.18 bits per heavy atom. The highest BCUT2D eigenvalue weighted by molar-refractivity contribution is 6.17. The number of cyclic esters (lactones) is 1. The molecule has 1 aromatic heterocycles. The number of carbonyl (C=O) groups excluding carboxylic acids is 2. The summed E-state index contributed by atoms with van der Waals surface area (Å²) < 4.78 is 35.8. The Balaban J connectivity index is 1.56. The summed E-state index contributed by atoms with van der Waals surface area (Å²) in [5.74, 6) is -4.17. The summed E-state index contributed by atoms with van der Waals surface area (Å²) in [6.45, 7) is 13.5. The smallest absolute Gasteiger partial charge is 0.351 e. The van der Waals surface area contributed by atoms with E-state index in [-0.39, 0.29) is 18.4 Å². The molecule has 0 amide bonds. The average molecular weight is 685 g/mol. The van der Waals surface area contributed by atoms with Gasteiger partial charge in [0.15, 0.2) is 5.78 Å². The van der Waals surface area contributed by atoms with Crippen molar-refractivity contribution >= 4 is 25.3 Å². The molecule has 0 aliphatic carbocycles. The van der Waals surface area contributed by atoms with E-state index in [9.17, 15) is 14.7 Å². The Morgan fingerprint density at radius 2 is 1.88 bits per heavy atom. The first-order valence-electron chi connectivity index (χ1n) is 17.3. The summed E-state index contributed by atoms with van der Waals surface area (Å²) in [5.41, 5.74) is 2.99. The number of anilines is 1. The zero-order valence-corrected chi connectivity index (χ0v) is 30.2. The van der Waals surface area contributed by atoms with Crippen LogP contribution < -0.4 is 11.1 Å². The minimum absolute atomic E-state index is 0.0364. The number of fused-ring (bicyclic) bond motifs is 1. The van der Waals surface area contributed by atoms with Crippen molar-refractivity contribution in [2.75, 3.05) is 25.9 Å². The number of esters is 1. The van der Waals surface area contributed by atoms with Crippen LogP contribution in [0.4, 0.5) is 10.1 Å². The van der Waals surface area contributed by atoms with Crippen LogP contribution in [0.25, 0.3) is 11.3 Å². The summed E-state index contributed by atoms with van der Waals surface area (Å²) in [6, 6.07) is 6.71. The number of methoxy groups -OCH3 is 1. The number of halogens is 1. The van der Waals surface area contributed by atoms with E-state index in [0.29, 0.717) is 38.2 Å². The summed E-state index contributed by atoms with van der Waals surface area (Å²) in [4.78, 5) is 28.8. The maximum absolute atomic E-state index is 16.2. The molecule has 2 radical (unpaired) electrons. The number of hydrogen-bond acceptors (Lipinski definition) is 11. The molecule has 2 saturated heterocycles. The molecule has 0 bridgehead atoms. The highest BCUT2D eigenvalue weighted by Gasteiger charge is 2.58. The molecule has 2 aliphatic rings. The molecule has 270 valence electrons. The van der Waals surface area contributed by atoms with Gasteiger partial charge in [-0.1, -0.05) is 38.1 Å². The zero-order chi connectivity index (χ0) is 36.3. The third-order valence-corrected chi connectivity index (χ3v) is 10.6. The predicted molar refractivity (Wildman–Crippen MR) is 185 cm³/mol. The number of aromatic nitrogens is 3. The van der Waals surface area contributed by atoms with E-state index in [4.69, 9.17) is 27.8 Å². The van der Waals surface area contributed by atoms with Crippen molar-refractivity contribution in [1.82, 2.24) is 25.2 Å². The lowest BCUT2D eigenvalue weighted by molar-refractivity contribution is -0.210. The molecule has 2 fully saturated rings. The van der Waals surface area contributed by atoms with Gasteiger partial charge in [0.05, 0.1) is 25.7 Å². The number of nitrogens with one attached hydrogen (secondary N) is 1. The molecule has 4 N–H and O–H groups in total. The molecule has 2 aliphatic heterocycles. The van der Waals surface area contributed by atoms with E-state index in [1.165, 1.54) is 14.0 Å². The molecule has 1 unspecified atom stereocenters. The maximum Gasteiger partial charge on any atom is 0.351 e. The largest absolute Gasteiger partial charge is 0.457 e. The molecule has 0 saturated carbocycles. The number of benzene rings is 1. The lowest BCUT2D eigenvalue weighted by Gasteiger charge is -2.42. The molecular weight excluding hydrogens is 630 g/mol. The highest BCUT2D eigenvalue weighted by atomic mass is 19.1. The van der Waals surface area contributed by atoms with Gasteiger partial charge in [-0.15, -0.1) is 5.10 Å². The summed E-state index contributed by atoms with van der Waals surface area (Å²) in [7, 11) is 8.07. The number of aryl methyl sites for hydroxylation is 1. The van der Waals surface area contributed by atoms with Gasteiger partial charge in [-0.3, -0.25) is 9.48 Å². The minimum Gasteiger partial charge on any atom is -0.457 e. The van der Waals surface area contributed by atoms with Gasteiger partial charge in [0.2, 0.25) is 6.41 Å².